The van der Waals surface area contributed by atoms with Crippen molar-refractivity contribution < 1.29 is 0 Å². The first kappa shape index (κ1) is 13.9. The van der Waals surface area contributed by atoms with Crippen LogP contribution >= 0.6 is 0 Å². The molecule has 16 heavy (non-hydrogen) atoms. The van der Waals surface area contributed by atoms with E-state index in [1.807, 2.05) is 0 Å². The number of nitrogens with two attached hydrogens (primary N) is 1. The number of piperidine rings is 1. The van der Waals surface area contributed by atoms with E-state index in [-0.39, 0.29) is 0 Å². The molecular weight excluding hydrogens is 198 g/mol. The number of likely N-dealkylation sites (tertiary alicyclic amines) is 1. The molecule has 0 aliphatic carbocycles. The molecule has 1 heterocycles. The quantitative estimate of drug-likeness (QED) is 0.747. The van der Waals surface area contributed by atoms with Gasteiger partial charge in [-0.15, -0.1) is 0 Å². The van der Waals surface area contributed by atoms with Gasteiger partial charge in [-0.2, -0.15) is 0 Å². The fraction of sp³-hybridized carbons (Fsp3) is 1.00. The molecule has 0 amide bonds. The SMILES string of the molecule is CCC(CC)N(C)CCN1CCC(N)CC1. The molecule has 1 saturated heterocycles. The van der Waals surface area contributed by atoms with Crippen LogP contribution in [0.15, 0.2) is 0 Å². The van der Waals surface area contributed by atoms with E-state index in [0.717, 1.165) is 6.04 Å². The molecule has 96 valence electrons. The van der Waals surface area contributed by atoms with E-state index in [1.165, 1.54) is 51.9 Å². The number of hydrogen-bond donors (Lipinski definition) is 1. The predicted octanol–water partition coefficient (Wildman–Crippen LogP) is 1.53. The van der Waals surface area contributed by atoms with E-state index in [1.54, 1.807) is 0 Å². The zero-order chi connectivity index (χ0) is 12.0. The van der Waals surface area contributed by atoms with Crippen molar-refractivity contribution in [3.63, 3.8) is 0 Å². The van der Waals surface area contributed by atoms with Crippen LogP contribution in [-0.2, 0) is 0 Å². The fourth-order valence-corrected chi connectivity index (χ4v) is 2.57. The third kappa shape index (κ3) is 4.40. The van der Waals surface area contributed by atoms with E-state index in [4.69, 9.17) is 5.73 Å². The van der Waals surface area contributed by atoms with Crippen LogP contribution in [0.2, 0.25) is 0 Å². The molecule has 0 radical (unpaired) electrons. The highest BCUT2D eigenvalue weighted by molar-refractivity contribution is 4.75. The van der Waals surface area contributed by atoms with Crippen LogP contribution in [0.3, 0.4) is 0 Å². The molecule has 0 saturated carbocycles. The van der Waals surface area contributed by atoms with Gasteiger partial charge in [0.05, 0.1) is 0 Å². The summed E-state index contributed by atoms with van der Waals surface area (Å²) in [6.45, 7) is 9.35. The Balaban J connectivity index is 2.18. The van der Waals surface area contributed by atoms with Gasteiger partial charge in [-0.3, -0.25) is 0 Å². The van der Waals surface area contributed by atoms with Gasteiger partial charge in [0.25, 0.3) is 0 Å². The fourth-order valence-electron chi connectivity index (χ4n) is 2.57. The minimum absolute atomic E-state index is 0.452. The minimum Gasteiger partial charge on any atom is -0.328 e. The summed E-state index contributed by atoms with van der Waals surface area (Å²) < 4.78 is 0. The second-order valence-corrected chi connectivity index (χ2v) is 5.13. The average molecular weight is 227 g/mol. The molecule has 0 aromatic rings. The highest BCUT2D eigenvalue weighted by atomic mass is 15.2. The molecule has 3 nitrogen and oxygen atoms in total. The number of likely N-dealkylation sites (N-methyl/N-ethyl adjacent to an activating group) is 1. The zero-order valence-corrected chi connectivity index (χ0v) is 11.3. The van der Waals surface area contributed by atoms with Gasteiger partial charge in [-0.05, 0) is 45.8 Å². The summed E-state index contributed by atoms with van der Waals surface area (Å²) >= 11 is 0. The Bertz CT molecular complexity index is 172. The van der Waals surface area contributed by atoms with Crippen molar-refractivity contribution in [3.05, 3.63) is 0 Å². The van der Waals surface area contributed by atoms with E-state index < -0.39 is 0 Å². The second-order valence-electron chi connectivity index (χ2n) is 5.13. The van der Waals surface area contributed by atoms with E-state index in [2.05, 4.69) is 30.7 Å². The third-order valence-corrected chi connectivity index (χ3v) is 3.97. The summed E-state index contributed by atoms with van der Waals surface area (Å²) in [4.78, 5) is 5.07. The van der Waals surface area contributed by atoms with Gasteiger partial charge in [-0.25, -0.2) is 0 Å². The standard InChI is InChI=1S/C13H29N3/c1-4-13(5-2)15(3)10-11-16-8-6-12(14)7-9-16/h12-13H,4-11,14H2,1-3H3. The molecule has 0 spiro atoms. The normalized spacial score (nSPS) is 19.9. The maximum atomic E-state index is 5.91. The van der Waals surface area contributed by atoms with Crippen LogP contribution in [0, 0.1) is 0 Å². The monoisotopic (exact) mass is 227 g/mol. The lowest BCUT2D eigenvalue weighted by molar-refractivity contribution is 0.160. The Morgan fingerprint density at radius 1 is 1.25 bits per heavy atom. The summed E-state index contributed by atoms with van der Waals surface area (Å²) in [5, 5.41) is 0. The van der Waals surface area contributed by atoms with Crippen LogP contribution in [0.25, 0.3) is 0 Å². The first-order valence-corrected chi connectivity index (χ1v) is 6.85. The van der Waals surface area contributed by atoms with Crippen LogP contribution < -0.4 is 5.73 Å². The predicted molar refractivity (Wildman–Crippen MR) is 70.6 cm³/mol. The van der Waals surface area contributed by atoms with E-state index in [0.29, 0.717) is 6.04 Å². The molecule has 1 aliphatic heterocycles. The van der Waals surface area contributed by atoms with Gasteiger partial charge >= 0.3 is 0 Å². The van der Waals surface area contributed by atoms with Crippen LogP contribution in [-0.4, -0.2) is 55.1 Å². The molecule has 0 unspecified atom stereocenters. The molecule has 3 heteroatoms. The summed E-state index contributed by atoms with van der Waals surface area (Å²) in [7, 11) is 2.26. The average Bonchev–Trinajstić information content (AvgIpc) is 2.30. The molecule has 2 N–H and O–H groups in total. The Hall–Kier alpha value is -0.120. The van der Waals surface area contributed by atoms with Gasteiger partial charge in [0, 0.05) is 25.2 Å². The van der Waals surface area contributed by atoms with Crippen LogP contribution in [0.1, 0.15) is 39.5 Å². The Morgan fingerprint density at radius 3 is 2.31 bits per heavy atom. The summed E-state index contributed by atoms with van der Waals surface area (Å²) in [5.74, 6) is 0. The Kier molecular flexibility index (Phi) is 6.32. The van der Waals surface area contributed by atoms with Crippen molar-refractivity contribution in [1.82, 2.24) is 9.80 Å². The van der Waals surface area contributed by atoms with Crippen molar-refractivity contribution in [2.75, 3.05) is 33.2 Å². The second kappa shape index (κ2) is 7.25. The van der Waals surface area contributed by atoms with E-state index >= 15 is 0 Å². The maximum absolute atomic E-state index is 5.91. The number of hydrogen-bond acceptors (Lipinski definition) is 3. The highest BCUT2D eigenvalue weighted by Crippen LogP contribution is 2.09. The van der Waals surface area contributed by atoms with Gasteiger partial charge in [0.15, 0.2) is 0 Å². The van der Waals surface area contributed by atoms with Gasteiger partial charge in [0.2, 0.25) is 0 Å². The van der Waals surface area contributed by atoms with Gasteiger partial charge in [-0.1, -0.05) is 13.8 Å². The van der Waals surface area contributed by atoms with Gasteiger partial charge < -0.3 is 15.5 Å². The first-order chi connectivity index (χ1) is 7.67. The van der Waals surface area contributed by atoms with Crippen molar-refractivity contribution in [2.24, 2.45) is 5.73 Å². The number of rotatable bonds is 6. The summed E-state index contributed by atoms with van der Waals surface area (Å²) in [6, 6.07) is 1.21. The number of nitrogens with zero attached hydrogens (tertiary/aromatic N) is 2. The molecule has 1 fully saturated rings. The lowest BCUT2D eigenvalue weighted by Gasteiger charge is -2.33. The van der Waals surface area contributed by atoms with Crippen molar-refractivity contribution in [1.29, 1.82) is 0 Å². The molecule has 0 bridgehead atoms. The zero-order valence-electron chi connectivity index (χ0n) is 11.3. The molecule has 0 aromatic heterocycles. The van der Waals surface area contributed by atoms with Crippen molar-refractivity contribution in [2.45, 2.75) is 51.6 Å². The Morgan fingerprint density at radius 2 is 1.81 bits per heavy atom. The largest absolute Gasteiger partial charge is 0.328 e. The lowest BCUT2D eigenvalue weighted by Crippen LogP contribution is -2.44. The van der Waals surface area contributed by atoms with Crippen LogP contribution in [0.4, 0.5) is 0 Å². The Labute approximate surface area is 101 Å². The van der Waals surface area contributed by atoms with Gasteiger partial charge in [0.1, 0.15) is 0 Å². The van der Waals surface area contributed by atoms with Crippen molar-refractivity contribution >= 4 is 0 Å². The lowest BCUT2D eigenvalue weighted by atomic mass is 10.1. The van der Waals surface area contributed by atoms with Crippen LogP contribution in [0.5, 0.6) is 0 Å². The molecule has 1 rings (SSSR count). The molecule has 0 atom stereocenters. The maximum Gasteiger partial charge on any atom is 0.0109 e. The first-order valence-electron chi connectivity index (χ1n) is 6.85. The molecular formula is C13H29N3. The topological polar surface area (TPSA) is 32.5 Å². The minimum atomic E-state index is 0.452. The van der Waals surface area contributed by atoms with E-state index in [9.17, 15) is 0 Å². The molecule has 1 aliphatic rings. The highest BCUT2D eigenvalue weighted by Gasteiger charge is 2.17. The van der Waals surface area contributed by atoms with Crippen molar-refractivity contribution in [3.8, 4) is 0 Å². The summed E-state index contributed by atoms with van der Waals surface area (Å²) in [6.07, 6.45) is 4.87. The molecule has 0 aromatic carbocycles. The third-order valence-electron chi connectivity index (χ3n) is 3.97. The smallest absolute Gasteiger partial charge is 0.0109 e. The summed E-state index contributed by atoms with van der Waals surface area (Å²) in [5.41, 5.74) is 5.91.